The summed E-state index contributed by atoms with van der Waals surface area (Å²) in [4.78, 5) is 45.4. The van der Waals surface area contributed by atoms with Gasteiger partial charge in [0.05, 0.1) is 42.0 Å². The minimum absolute atomic E-state index is 0.0986. The Hall–Kier alpha value is -2.68. The van der Waals surface area contributed by atoms with Crippen LogP contribution >= 0.6 is 11.6 Å². The quantitative estimate of drug-likeness (QED) is 0.452. The van der Waals surface area contributed by atoms with Gasteiger partial charge in [-0.15, -0.1) is 0 Å². The topological polar surface area (TPSA) is 96.4 Å². The molecular formula is C29H35ClN2O6. The van der Waals surface area contributed by atoms with E-state index in [9.17, 15) is 19.5 Å². The molecule has 1 unspecified atom stereocenters. The van der Waals surface area contributed by atoms with Crippen molar-refractivity contribution in [2.45, 2.75) is 63.8 Å². The lowest BCUT2D eigenvalue weighted by atomic mass is 9.78. The number of amides is 2. The lowest BCUT2D eigenvalue weighted by Crippen LogP contribution is -2.59. The smallest absolute Gasteiger partial charge is 0.312 e. The number of anilines is 1. The standard InChI is InChI=1S/C29H35ClN2O6/c1-4-17(2)20(16-33)32-25-27(35)31(24-18(3)10-8-11-19(24)30)14-9-13-29(25)23(26(32)34)22-21(38-29)12-6-5-7-15-37-28(22)36/h6,8-13,17,20-23,25,33H,4-5,7,14-16H2,1-3H3/b12-6-/t17-,20-,21+,22-,23-,25?,29-/m0/s1. The fraction of sp³-hybridized carbons (Fsp3) is 0.552. The first-order valence-electron chi connectivity index (χ1n) is 13.4. The van der Waals surface area contributed by atoms with Gasteiger partial charge in [0.2, 0.25) is 5.91 Å². The van der Waals surface area contributed by atoms with E-state index >= 15 is 0 Å². The summed E-state index contributed by atoms with van der Waals surface area (Å²) in [6.45, 7) is 5.97. The van der Waals surface area contributed by atoms with Gasteiger partial charge in [0.25, 0.3) is 5.91 Å². The number of halogens is 1. The fourth-order valence-corrected chi connectivity index (χ4v) is 6.85. The molecule has 8 nitrogen and oxygen atoms in total. The van der Waals surface area contributed by atoms with Gasteiger partial charge in [-0.05, 0) is 37.3 Å². The first-order valence-corrected chi connectivity index (χ1v) is 13.8. The molecule has 0 radical (unpaired) electrons. The van der Waals surface area contributed by atoms with Crippen LogP contribution in [-0.2, 0) is 23.9 Å². The number of hydrogen-bond acceptors (Lipinski definition) is 6. The van der Waals surface area contributed by atoms with Gasteiger partial charge in [-0.2, -0.15) is 0 Å². The summed E-state index contributed by atoms with van der Waals surface area (Å²) in [6, 6.07) is 3.72. The Balaban J connectivity index is 1.68. The third kappa shape index (κ3) is 4.08. The Labute approximate surface area is 228 Å². The van der Waals surface area contributed by atoms with E-state index in [1.165, 1.54) is 4.90 Å². The third-order valence-corrected chi connectivity index (χ3v) is 8.90. The number of allylic oxidation sites excluding steroid dienone is 1. The number of aliphatic hydroxyl groups excluding tert-OH is 1. The average Bonchev–Trinajstić information content (AvgIpc) is 3.30. The van der Waals surface area contributed by atoms with E-state index in [2.05, 4.69) is 0 Å². The number of carbonyl (C=O) groups is 3. The molecular weight excluding hydrogens is 508 g/mol. The minimum Gasteiger partial charge on any atom is -0.465 e. The molecule has 0 aromatic heterocycles. The van der Waals surface area contributed by atoms with Crippen molar-refractivity contribution in [2.24, 2.45) is 17.8 Å². The molecule has 0 aliphatic carbocycles. The van der Waals surface area contributed by atoms with Crippen LogP contribution in [0.2, 0.25) is 5.02 Å². The van der Waals surface area contributed by atoms with Gasteiger partial charge in [-0.3, -0.25) is 14.4 Å². The molecule has 5 rings (SSSR count). The normalized spacial score (nSPS) is 33.3. The average molecular weight is 543 g/mol. The van der Waals surface area contributed by atoms with E-state index in [-0.39, 0.29) is 37.5 Å². The zero-order valence-electron chi connectivity index (χ0n) is 22.0. The number of hydrogen-bond donors (Lipinski definition) is 1. The Morgan fingerprint density at radius 3 is 2.71 bits per heavy atom. The molecule has 4 heterocycles. The lowest BCUT2D eigenvalue weighted by molar-refractivity contribution is -0.155. The van der Waals surface area contributed by atoms with Crippen molar-refractivity contribution < 1.29 is 29.0 Å². The van der Waals surface area contributed by atoms with E-state index < -0.39 is 41.6 Å². The summed E-state index contributed by atoms with van der Waals surface area (Å²) >= 11 is 6.59. The first-order chi connectivity index (χ1) is 18.3. The number of cyclic esters (lactones) is 1. The number of aliphatic hydroxyl groups is 1. The van der Waals surface area contributed by atoms with Crippen molar-refractivity contribution >= 4 is 35.1 Å². The highest BCUT2D eigenvalue weighted by molar-refractivity contribution is 6.34. The van der Waals surface area contributed by atoms with Crippen LogP contribution < -0.4 is 4.90 Å². The molecule has 4 aliphatic rings. The van der Waals surface area contributed by atoms with Gasteiger partial charge < -0.3 is 24.4 Å². The van der Waals surface area contributed by atoms with Crippen molar-refractivity contribution in [2.75, 3.05) is 24.7 Å². The van der Waals surface area contributed by atoms with Crippen molar-refractivity contribution in [3.05, 3.63) is 53.1 Å². The summed E-state index contributed by atoms with van der Waals surface area (Å²) in [7, 11) is 0. The van der Waals surface area contributed by atoms with E-state index in [4.69, 9.17) is 21.1 Å². The number of fused-ring (bicyclic) bond motifs is 2. The van der Waals surface area contributed by atoms with Crippen molar-refractivity contribution in [3.8, 4) is 0 Å². The van der Waals surface area contributed by atoms with Crippen molar-refractivity contribution in [1.82, 2.24) is 4.90 Å². The van der Waals surface area contributed by atoms with Crippen LogP contribution in [0, 0.1) is 24.7 Å². The summed E-state index contributed by atoms with van der Waals surface area (Å²) in [6.07, 6.45) is 8.77. The van der Waals surface area contributed by atoms with Crippen LogP contribution in [0.25, 0.3) is 0 Å². The number of benzene rings is 1. The number of para-hydroxylation sites is 1. The highest BCUT2D eigenvalue weighted by Crippen LogP contribution is 2.54. The maximum absolute atomic E-state index is 14.6. The predicted octanol–water partition coefficient (Wildman–Crippen LogP) is 3.43. The summed E-state index contributed by atoms with van der Waals surface area (Å²) in [5.74, 6) is -3.18. The number of likely N-dealkylation sites (tertiary alicyclic amines) is 1. The third-order valence-electron chi connectivity index (χ3n) is 8.59. The van der Waals surface area contributed by atoms with Crippen molar-refractivity contribution in [3.63, 3.8) is 0 Å². The molecule has 2 amide bonds. The Morgan fingerprint density at radius 1 is 1.21 bits per heavy atom. The maximum atomic E-state index is 14.6. The molecule has 1 aromatic carbocycles. The second kappa shape index (κ2) is 10.5. The molecule has 1 N–H and O–H groups in total. The summed E-state index contributed by atoms with van der Waals surface area (Å²) in [5, 5.41) is 10.9. The number of aryl methyl sites for hydroxylation is 1. The largest absolute Gasteiger partial charge is 0.465 e. The second-order valence-corrected chi connectivity index (χ2v) is 11.1. The zero-order chi connectivity index (χ0) is 27.2. The molecule has 9 heteroatoms. The Kier molecular flexibility index (Phi) is 7.42. The van der Waals surface area contributed by atoms with Crippen LogP contribution in [0.1, 0.15) is 38.7 Å². The SMILES string of the molecule is CC[C@H](C)[C@H](CO)N1C(=O)[C@@H]2[C@H]3C(=O)OCCC/C=C\[C@H]3O[C@@]23C=CCN(c2c(C)cccc2Cl)C(=O)C13. The van der Waals surface area contributed by atoms with Crippen molar-refractivity contribution in [1.29, 1.82) is 0 Å². The van der Waals surface area contributed by atoms with E-state index in [1.54, 1.807) is 17.0 Å². The summed E-state index contributed by atoms with van der Waals surface area (Å²) < 4.78 is 12.2. The highest BCUT2D eigenvalue weighted by Gasteiger charge is 2.72. The number of carbonyl (C=O) groups excluding carboxylic acids is 3. The number of rotatable bonds is 5. The highest BCUT2D eigenvalue weighted by atomic mass is 35.5. The predicted molar refractivity (Wildman–Crippen MR) is 143 cm³/mol. The lowest BCUT2D eigenvalue weighted by Gasteiger charge is -2.40. The number of esters is 1. The molecule has 1 spiro atoms. The molecule has 4 aliphatic heterocycles. The minimum atomic E-state index is -1.39. The molecule has 1 aromatic rings. The van der Waals surface area contributed by atoms with Crippen LogP contribution in [0.15, 0.2) is 42.5 Å². The van der Waals surface area contributed by atoms with Crippen LogP contribution in [0.3, 0.4) is 0 Å². The summed E-state index contributed by atoms with van der Waals surface area (Å²) in [5.41, 5.74) is -0.00256. The molecule has 2 fully saturated rings. The van der Waals surface area contributed by atoms with Gasteiger partial charge in [-0.1, -0.05) is 68.3 Å². The molecule has 38 heavy (non-hydrogen) atoms. The molecule has 0 saturated carbocycles. The van der Waals surface area contributed by atoms with Crippen LogP contribution in [0.5, 0.6) is 0 Å². The maximum Gasteiger partial charge on any atom is 0.312 e. The number of ether oxygens (including phenoxy) is 2. The Bertz CT molecular complexity index is 1160. The molecule has 7 atom stereocenters. The molecule has 0 bridgehead atoms. The zero-order valence-corrected chi connectivity index (χ0v) is 22.8. The van der Waals surface area contributed by atoms with Gasteiger partial charge in [0, 0.05) is 6.54 Å². The van der Waals surface area contributed by atoms with Gasteiger partial charge in [0.1, 0.15) is 17.6 Å². The van der Waals surface area contributed by atoms with E-state index in [0.717, 1.165) is 12.0 Å². The molecule has 2 saturated heterocycles. The van der Waals surface area contributed by atoms with Crippen LogP contribution in [0.4, 0.5) is 5.69 Å². The van der Waals surface area contributed by atoms with Gasteiger partial charge in [-0.25, -0.2) is 0 Å². The number of nitrogens with zero attached hydrogens (tertiary/aromatic N) is 2. The van der Waals surface area contributed by atoms with Gasteiger partial charge >= 0.3 is 5.97 Å². The van der Waals surface area contributed by atoms with E-state index in [1.807, 2.05) is 51.1 Å². The fourth-order valence-electron chi connectivity index (χ4n) is 6.53. The van der Waals surface area contributed by atoms with E-state index in [0.29, 0.717) is 23.6 Å². The second-order valence-electron chi connectivity index (χ2n) is 10.7. The van der Waals surface area contributed by atoms with Gasteiger partial charge in [0.15, 0.2) is 0 Å². The monoisotopic (exact) mass is 542 g/mol. The first kappa shape index (κ1) is 26.9. The van der Waals surface area contributed by atoms with Crippen LogP contribution in [-0.4, -0.2) is 71.3 Å². The molecule has 204 valence electrons. The Morgan fingerprint density at radius 2 is 2.00 bits per heavy atom.